The molecule has 0 spiro atoms. The fourth-order valence-electron chi connectivity index (χ4n) is 4.44. The number of halogens is 1. The van der Waals surface area contributed by atoms with Crippen LogP contribution in [0.2, 0.25) is 0 Å². The van der Waals surface area contributed by atoms with Crippen molar-refractivity contribution in [3.63, 3.8) is 0 Å². The van der Waals surface area contributed by atoms with Crippen LogP contribution < -0.4 is 0 Å². The first-order valence-corrected chi connectivity index (χ1v) is 8.21. The molecule has 124 valence electrons. The van der Waals surface area contributed by atoms with Crippen LogP contribution in [0.1, 0.15) is 50.7 Å². The maximum Gasteiger partial charge on any atom is 0.305 e. The Morgan fingerprint density at radius 1 is 1.33 bits per heavy atom. The Bertz CT molecular complexity index is 864. The number of hydrogen-bond acceptors (Lipinski definition) is 3. The molecule has 0 aromatic heterocycles. The van der Waals surface area contributed by atoms with Crippen LogP contribution in [0.5, 0.6) is 0 Å². The normalized spacial score (nSPS) is 26.6. The molecular formula is C19H19FN2O2. The highest BCUT2D eigenvalue weighted by Gasteiger charge is 2.39. The van der Waals surface area contributed by atoms with E-state index in [0.717, 1.165) is 24.0 Å². The average molecular weight is 326 g/mol. The summed E-state index contributed by atoms with van der Waals surface area (Å²) in [6, 6.07) is 2.73. The van der Waals surface area contributed by atoms with Crippen LogP contribution >= 0.6 is 0 Å². The van der Waals surface area contributed by atoms with Crippen LogP contribution in [-0.4, -0.2) is 16.2 Å². The molecule has 0 N–H and O–H groups in total. The Hall–Kier alpha value is -2.30. The smallest absolute Gasteiger partial charge is 0.283 e. The minimum atomic E-state index is -0.745. The lowest BCUT2D eigenvalue weighted by atomic mass is 9.71. The first-order valence-electron chi connectivity index (χ1n) is 8.21. The van der Waals surface area contributed by atoms with Crippen molar-refractivity contribution in [3.8, 4) is 0 Å². The second-order valence-electron chi connectivity index (χ2n) is 7.57. The molecular weight excluding hydrogens is 307 g/mol. The van der Waals surface area contributed by atoms with Gasteiger partial charge in [0.25, 0.3) is 0 Å². The zero-order valence-electron chi connectivity index (χ0n) is 14.0. The van der Waals surface area contributed by atoms with Gasteiger partial charge in [-0.05, 0) is 44.4 Å². The molecule has 0 radical (unpaired) electrons. The van der Waals surface area contributed by atoms with Gasteiger partial charge >= 0.3 is 5.69 Å². The maximum atomic E-state index is 14.1. The minimum absolute atomic E-state index is 0.142. The van der Waals surface area contributed by atoms with Gasteiger partial charge in [-0.3, -0.25) is 15.1 Å². The van der Waals surface area contributed by atoms with E-state index in [1.807, 2.05) is 6.08 Å². The van der Waals surface area contributed by atoms with Gasteiger partial charge in [-0.2, -0.15) is 4.39 Å². The van der Waals surface area contributed by atoms with Gasteiger partial charge in [-0.1, -0.05) is 23.3 Å². The SMILES string of the molecule is CC1=CC(C)(C)N=C2CC3=Cc4cc([N+](=O)[O-])c(F)cc4C3CC12. The summed E-state index contributed by atoms with van der Waals surface area (Å²) in [5, 5.41) is 11.0. The summed E-state index contributed by atoms with van der Waals surface area (Å²) in [4.78, 5) is 15.2. The molecule has 3 aliphatic rings. The molecule has 24 heavy (non-hydrogen) atoms. The topological polar surface area (TPSA) is 55.5 Å². The summed E-state index contributed by atoms with van der Waals surface area (Å²) in [6.45, 7) is 6.34. The monoisotopic (exact) mass is 326 g/mol. The van der Waals surface area contributed by atoms with Crippen molar-refractivity contribution in [1.82, 2.24) is 0 Å². The van der Waals surface area contributed by atoms with Gasteiger partial charge in [0, 0.05) is 30.0 Å². The Morgan fingerprint density at radius 3 is 2.79 bits per heavy atom. The lowest BCUT2D eigenvalue weighted by Crippen LogP contribution is -2.33. The number of dihydropyridines is 1. The number of nitrogens with zero attached hydrogens (tertiary/aromatic N) is 2. The second kappa shape index (κ2) is 4.85. The van der Waals surface area contributed by atoms with Crippen molar-refractivity contribution in [2.24, 2.45) is 10.9 Å². The van der Waals surface area contributed by atoms with Crippen molar-refractivity contribution in [3.05, 3.63) is 56.4 Å². The molecule has 4 rings (SSSR count). The summed E-state index contributed by atoms with van der Waals surface area (Å²) in [6.07, 6.45) is 5.84. The number of rotatable bonds is 1. The van der Waals surface area contributed by atoms with Crippen LogP contribution in [-0.2, 0) is 0 Å². The van der Waals surface area contributed by atoms with E-state index in [9.17, 15) is 14.5 Å². The summed E-state index contributed by atoms with van der Waals surface area (Å²) < 4.78 is 14.1. The van der Waals surface area contributed by atoms with Crippen LogP contribution in [0.3, 0.4) is 0 Å². The number of hydrogen-bond donors (Lipinski definition) is 0. The molecule has 4 nitrogen and oxygen atoms in total. The summed E-state index contributed by atoms with van der Waals surface area (Å²) >= 11 is 0. The molecule has 2 unspecified atom stereocenters. The first kappa shape index (κ1) is 15.2. The first-order chi connectivity index (χ1) is 11.2. The minimum Gasteiger partial charge on any atom is -0.283 e. The van der Waals surface area contributed by atoms with E-state index in [4.69, 9.17) is 4.99 Å². The van der Waals surface area contributed by atoms with Crippen molar-refractivity contribution in [2.45, 2.75) is 45.1 Å². The molecule has 1 aromatic rings. The third kappa shape index (κ3) is 2.22. The second-order valence-corrected chi connectivity index (χ2v) is 7.57. The number of benzene rings is 1. The fourth-order valence-corrected chi connectivity index (χ4v) is 4.44. The van der Waals surface area contributed by atoms with Gasteiger partial charge < -0.3 is 0 Å². The van der Waals surface area contributed by atoms with Gasteiger partial charge in [0.15, 0.2) is 0 Å². The maximum absolute atomic E-state index is 14.1. The van der Waals surface area contributed by atoms with Crippen molar-refractivity contribution in [1.29, 1.82) is 0 Å². The molecule has 1 heterocycles. The average Bonchev–Trinajstić information content (AvgIpc) is 2.80. The highest BCUT2D eigenvalue weighted by Crippen LogP contribution is 2.50. The standard InChI is InChI=1S/C19H19FN2O2/c1-10-9-19(2,3)21-17-5-11-4-12-6-18(22(23)24)16(20)8-15(12)14(11)7-13(10)17/h4,6,8-9,13-14H,5,7H2,1-3H3. The number of aliphatic imine (C=N–C) groups is 1. The molecule has 2 aliphatic carbocycles. The van der Waals surface area contributed by atoms with E-state index in [2.05, 4.69) is 26.8 Å². The van der Waals surface area contributed by atoms with E-state index in [-0.39, 0.29) is 11.5 Å². The number of nitro groups is 1. The lowest BCUT2D eigenvalue weighted by molar-refractivity contribution is -0.387. The van der Waals surface area contributed by atoms with Crippen molar-refractivity contribution >= 4 is 17.5 Å². The van der Waals surface area contributed by atoms with E-state index in [0.29, 0.717) is 5.92 Å². The number of fused-ring (bicyclic) bond motifs is 4. The van der Waals surface area contributed by atoms with Gasteiger partial charge in [-0.25, -0.2) is 0 Å². The largest absolute Gasteiger partial charge is 0.305 e. The van der Waals surface area contributed by atoms with Gasteiger partial charge in [0.2, 0.25) is 5.82 Å². The van der Waals surface area contributed by atoms with Gasteiger partial charge in [0.1, 0.15) is 0 Å². The fraction of sp³-hybridized carbons (Fsp3) is 0.421. The van der Waals surface area contributed by atoms with Gasteiger partial charge in [0.05, 0.1) is 10.5 Å². The lowest BCUT2D eigenvalue weighted by Gasteiger charge is -2.37. The third-order valence-corrected chi connectivity index (χ3v) is 5.33. The summed E-state index contributed by atoms with van der Waals surface area (Å²) in [7, 11) is 0. The summed E-state index contributed by atoms with van der Waals surface area (Å²) in [5.41, 5.74) is 4.74. The quantitative estimate of drug-likeness (QED) is 0.423. The molecule has 0 amide bonds. The zero-order chi connectivity index (χ0) is 17.2. The molecule has 1 aliphatic heterocycles. The van der Waals surface area contributed by atoms with Gasteiger partial charge in [-0.15, -0.1) is 0 Å². The molecule has 0 bridgehead atoms. The number of allylic oxidation sites excluding steroid dienone is 2. The highest BCUT2D eigenvalue weighted by atomic mass is 19.1. The Balaban J connectivity index is 1.76. The van der Waals surface area contributed by atoms with Crippen LogP contribution in [0, 0.1) is 21.8 Å². The third-order valence-electron chi connectivity index (χ3n) is 5.33. The van der Waals surface area contributed by atoms with E-state index in [1.54, 1.807) is 0 Å². The van der Waals surface area contributed by atoms with Crippen LogP contribution in [0.15, 0.2) is 34.3 Å². The Morgan fingerprint density at radius 2 is 2.08 bits per heavy atom. The molecule has 2 atom stereocenters. The molecule has 1 aromatic carbocycles. The van der Waals surface area contributed by atoms with E-state index >= 15 is 0 Å². The zero-order valence-corrected chi connectivity index (χ0v) is 14.0. The number of nitro benzene ring substituents is 1. The molecule has 5 heteroatoms. The Labute approximate surface area is 139 Å². The van der Waals surface area contributed by atoms with Crippen LogP contribution in [0.4, 0.5) is 10.1 Å². The molecule has 1 saturated carbocycles. The summed E-state index contributed by atoms with van der Waals surface area (Å²) in [5.74, 6) is -0.307. The predicted octanol–water partition coefficient (Wildman–Crippen LogP) is 4.80. The van der Waals surface area contributed by atoms with E-state index < -0.39 is 16.4 Å². The Kier molecular flexibility index (Phi) is 3.08. The predicted molar refractivity (Wildman–Crippen MR) is 91.8 cm³/mol. The highest BCUT2D eigenvalue weighted by molar-refractivity contribution is 5.96. The molecule has 1 fully saturated rings. The van der Waals surface area contributed by atoms with E-state index in [1.165, 1.54) is 29.0 Å². The van der Waals surface area contributed by atoms with Crippen molar-refractivity contribution < 1.29 is 9.31 Å². The van der Waals surface area contributed by atoms with Crippen molar-refractivity contribution in [2.75, 3.05) is 0 Å². The van der Waals surface area contributed by atoms with Crippen LogP contribution in [0.25, 0.3) is 6.08 Å². The molecule has 0 saturated heterocycles.